The van der Waals surface area contributed by atoms with Crippen LogP contribution in [0.2, 0.25) is 0 Å². The number of amides is 2. The summed E-state index contributed by atoms with van der Waals surface area (Å²) in [6.07, 6.45) is 6.78. The molecule has 4 rings (SSSR count). The number of rotatable bonds is 5. The molecule has 1 atom stereocenters. The zero-order valence-corrected chi connectivity index (χ0v) is 16.9. The predicted octanol–water partition coefficient (Wildman–Crippen LogP) is -0.167. The second-order valence-corrected chi connectivity index (χ2v) is 8.40. The van der Waals surface area contributed by atoms with Crippen molar-refractivity contribution in [3.8, 4) is 5.75 Å². The number of anilines is 1. The monoisotopic (exact) mass is 387 g/mol. The van der Waals surface area contributed by atoms with E-state index in [1.807, 2.05) is 31.2 Å². The summed E-state index contributed by atoms with van der Waals surface area (Å²) in [5.74, 6) is 0.651. The maximum absolute atomic E-state index is 13.1. The van der Waals surface area contributed by atoms with E-state index in [9.17, 15) is 9.59 Å². The summed E-state index contributed by atoms with van der Waals surface area (Å²) in [5.41, 5.74) is 0.660. The number of carbonyl (C=O) groups excluding carboxylic acids is 2. The van der Waals surface area contributed by atoms with Crippen molar-refractivity contribution < 1.29 is 24.1 Å². The van der Waals surface area contributed by atoms with Gasteiger partial charge in [-0.25, -0.2) is 4.90 Å². The smallest absolute Gasteiger partial charge is 0.292 e. The van der Waals surface area contributed by atoms with E-state index in [0.29, 0.717) is 18.7 Å². The Kier molecular flexibility index (Phi) is 5.97. The fourth-order valence-electron chi connectivity index (χ4n) is 5.24. The molecule has 0 aliphatic carbocycles. The van der Waals surface area contributed by atoms with Gasteiger partial charge in [-0.1, -0.05) is 0 Å². The largest absolute Gasteiger partial charge is 0.494 e. The number of hydrogen-bond acceptors (Lipinski definition) is 3. The van der Waals surface area contributed by atoms with Gasteiger partial charge in [-0.15, -0.1) is 0 Å². The molecule has 6 heteroatoms. The molecule has 0 spiro atoms. The first-order valence-electron chi connectivity index (χ1n) is 11.0. The molecule has 1 aromatic carbocycles. The average Bonchev–Trinajstić information content (AvgIpc) is 3.04. The van der Waals surface area contributed by atoms with Gasteiger partial charge in [0.1, 0.15) is 5.75 Å². The molecule has 0 bridgehead atoms. The number of nitrogens with one attached hydrogen (secondary N) is 2. The lowest BCUT2D eigenvalue weighted by Gasteiger charge is -2.37. The van der Waals surface area contributed by atoms with Crippen molar-refractivity contribution in [2.24, 2.45) is 0 Å². The normalized spacial score (nSPS) is 29.3. The van der Waals surface area contributed by atoms with Crippen molar-refractivity contribution in [3.05, 3.63) is 24.3 Å². The molecule has 3 aliphatic heterocycles. The van der Waals surface area contributed by atoms with E-state index in [2.05, 4.69) is 0 Å². The highest BCUT2D eigenvalue weighted by atomic mass is 16.5. The number of ether oxygens (including phenoxy) is 1. The Morgan fingerprint density at radius 2 is 1.64 bits per heavy atom. The number of hydrogen-bond donors (Lipinski definition) is 2. The van der Waals surface area contributed by atoms with Gasteiger partial charge in [0, 0.05) is 12.8 Å². The van der Waals surface area contributed by atoms with Crippen molar-refractivity contribution >= 4 is 17.5 Å². The van der Waals surface area contributed by atoms with E-state index in [1.165, 1.54) is 55.0 Å². The minimum atomic E-state index is -0.212. The number of carbonyl (C=O) groups is 2. The molecule has 3 aliphatic rings. The molecule has 2 amide bonds. The fraction of sp³-hybridized carbons (Fsp3) is 0.636. The predicted molar refractivity (Wildman–Crippen MR) is 107 cm³/mol. The lowest BCUT2D eigenvalue weighted by Crippen LogP contribution is -3.22. The average molecular weight is 388 g/mol. The Morgan fingerprint density at radius 1 is 0.964 bits per heavy atom. The number of imide groups is 1. The van der Waals surface area contributed by atoms with E-state index < -0.39 is 0 Å². The van der Waals surface area contributed by atoms with Crippen LogP contribution in [0.1, 0.15) is 45.4 Å². The molecule has 2 N–H and O–H groups in total. The van der Waals surface area contributed by atoms with Crippen LogP contribution in [-0.2, 0) is 9.59 Å². The lowest BCUT2D eigenvalue weighted by molar-refractivity contribution is -0.965. The maximum atomic E-state index is 13.1. The van der Waals surface area contributed by atoms with Gasteiger partial charge >= 0.3 is 0 Å². The summed E-state index contributed by atoms with van der Waals surface area (Å²) in [4.78, 5) is 30.1. The van der Waals surface area contributed by atoms with Crippen molar-refractivity contribution in [2.75, 3.05) is 37.7 Å². The first-order chi connectivity index (χ1) is 13.7. The van der Waals surface area contributed by atoms with Gasteiger partial charge in [0.15, 0.2) is 6.04 Å². The Hall–Kier alpha value is -1.92. The topological polar surface area (TPSA) is 55.5 Å². The zero-order valence-electron chi connectivity index (χ0n) is 16.9. The SMILES string of the molecule is CCOc1ccc(N2C(=O)C[C@@H]([NH+]3CCC([NH+]4CCCCC4)CC3)C2=O)cc1. The molecule has 3 fully saturated rings. The molecule has 0 radical (unpaired) electrons. The van der Waals surface area contributed by atoms with Gasteiger partial charge in [-0.3, -0.25) is 9.59 Å². The highest BCUT2D eigenvalue weighted by Crippen LogP contribution is 2.24. The van der Waals surface area contributed by atoms with Crippen LogP contribution in [0.3, 0.4) is 0 Å². The standard InChI is InChI=1S/C22H31N3O3/c1-2-28-19-8-6-18(7-9-19)25-21(26)16-20(22(25)27)24-14-10-17(11-15-24)23-12-4-3-5-13-23/h6-9,17,20H,2-5,10-16H2,1H3/p+2/t20-/m1/s1. The number of piperidine rings is 2. The molecule has 6 nitrogen and oxygen atoms in total. The van der Waals surface area contributed by atoms with Crippen molar-refractivity contribution in [2.45, 2.75) is 57.5 Å². The molecular weight excluding hydrogens is 354 g/mol. The summed E-state index contributed by atoms with van der Waals surface area (Å²) in [5, 5.41) is 0. The molecule has 3 heterocycles. The second kappa shape index (κ2) is 8.62. The third-order valence-electron chi connectivity index (χ3n) is 6.75. The van der Waals surface area contributed by atoms with Crippen molar-refractivity contribution in [3.63, 3.8) is 0 Å². The summed E-state index contributed by atoms with van der Waals surface area (Å²) in [6, 6.07) is 7.81. The Bertz CT molecular complexity index is 691. The summed E-state index contributed by atoms with van der Waals surface area (Å²) in [7, 11) is 0. The van der Waals surface area contributed by atoms with E-state index >= 15 is 0 Å². The lowest BCUT2D eigenvalue weighted by atomic mass is 9.98. The number of benzene rings is 1. The summed E-state index contributed by atoms with van der Waals surface area (Å²) >= 11 is 0. The molecule has 0 aromatic heterocycles. The van der Waals surface area contributed by atoms with Crippen LogP contribution in [0.4, 0.5) is 5.69 Å². The quantitative estimate of drug-likeness (QED) is 0.690. The fourth-order valence-corrected chi connectivity index (χ4v) is 5.24. The van der Waals surface area contributed by atoms with Crippen LogP contribution in [0.5, 0.6) is 5.75 Å². The van der Waals surface area contributed by atoms with E-state index in [0.717, 1.165) is 24.9 Å². The van der Waals surface area contributed by atoms with Crippen molar-refractivity contribution in [1.82, 2.24) is 0 Å². The highest BCUT2D eigenvalue weighted by molar-refractivity contribution is 6.21. The molecular formula is C22H33N3O3+2. The van der Waals surface area contributed by atoms with Crippen LogP contribution in [0.15, 0.2) is 24.3 Å². The van der Waals surface area contributed by atoms with E-state index in [4.69, 9.17) is 4.74 Å². The summed E-state index contributed by atoms with van der Waals surface area (Å²) < 4.78 is 5.46. The minimum absolute atomic E-state index is 0.0343. The van der Waals surface area contributed by atoms with Gasteiger partial charge in [0.25, 0.3) is 5.91 Å². The summed E-state index contributed by atoms with van der Waals surface area (Å²) in [6.45, 7) is 7.18. The first kappa shape index (κ1) is 19.4. The molecule has 0 saturated carbocycles. The molecule has 152 valence electrons. The Balaban J connectivity index is 1.37. The molecule has 1 aromatic rings. The highest BCUT2D eigenvalue weighted by Gasteiger charge is 2.47. The maximum Gasteiger partial charge on any atom is 0.292 e. The second-order valence-electron chi connectivity index (χ2n) is 8.40. The van der Waals surface area contributed by atoms with Gasteiger partial charge in [-0.05, 0) is 50.5 Å². The number of quaternary nitrogens is 2. The van der Waals surface area contributed by atoms with Gasteiger partial charge in [-0.2, -0.15) is 0 Å². The molecule has 3 saturated heterocycles. The Labute approximate surface area is 167 Å². The van der Waals surface area contributed by atoms with E-state index in [-0.39, 0.29) is 17.9 Å². The number of likely N-dealkylation sites (tertiary alicyclic amines) is 2. The van der Waals surface area contributed by atoms with Crippen LogP contribution >= 0.6 is 0 Å². The van der Waals surface area contributed by atoms with Crippen LogP contribution in [-0.4, -0.2) is 56.7 Å². The van der Waals surface area contributed by atoms with Gasteiger partial charge in [0.2, 0.25) is 5.91 Å². The van der Waals surface area contributed by atoms with E-state index in [1.54, 1.807) is 4.90 Å². The zero-order chi connectivity index (χ0) is 19.5. The van der Waals surface area contributed by atoms with Gasteiger partial charge < -0.3 is 14.5 Å². The minimum Gasteiger partial charge on any atom is -0.494 e. The molecule has 0 unspecified atom stereocenters. The first-order valence-corrected chi connectivity index (χ1v) is 11.0. The van der Waals surface area contributed by atoms with Gasteiger partial charge in [0.05, 0.1) is 50.9 Å². The van der Waals surface area contributed by atoms with Crippen molar-refractivity contribution in [1.29, 1.82) is 0 Å². The van der Waals surface area contributed by atoms with Crippen LogP contribution in [0.25, 0.3) is 0 Å². The number of nitrogens with zero attached hydrogens (tertiary/aromatic N) is 1. The third-order valence-corrected chi connectivity index (χ3v) is 6.75. The van der Waals surface area contributed by atoms with Crippen LogP contribution in [0, 0.1) is 0 Å². The Morgan fingerprint density at radius 3 is 2.29 bits per heavy atom. The van der Waals surface area contributed by atoms with Crippen LogP contribution < -0.4 is 19.4 Å². The molecule has 28 heavy (non-hydrogen) atoms. The third kappa shape index (κ3) is 3.94.